The monoisotopic (exact) mass is 276 g/mol. The Morgan fingerprint density at radius 1 is 1.30 bits per heavy atom. The number of fused-ring (bicyclic) bond motifs is 1. The van der Waals surface area contributed by atoms with Crippen LogP contribution in [0.1, 0.15) is 29.6 Å². The molecule has 0 atom stereocenters. The number of carbonyl (C=O) groups excluding carboxylic acids is 1. The van der Waals surface area contributed by atoms with Crippen molar-refractivity contribution in [2.45, 2.75) is 19.3 Å². The number of aromatic amines is 1. The highest BCUT2D eigenvalue weighted by molar-refractivity contribution is 6.08. The third-order valence-corrected chi connectivity index (χ3v) is 2.97. The number of carboxylic acid groups (broad SMARTS) is 1. The topological polar surface area (TPSA) is 113 Å². The van der Waals surface area contributed by atoms with E-state index in [0.717, 1.165) is 0 Å². The van der Waals surface area contributed by atoms with Crippen molar-refractivity contribution in [3.63, 3.8) is 0 Å². The summed E-state index contributed by atoms with van der Waals surface area (Å²) in [6.07, 6.45) is 1.85. The molecule has 2 aromatic rings. The number of H-pyrrole nitrogens is 1. The Hall–Kier alpha value is -2.70. The molecule has 0 aliphatic carbocycles. The molecule has 0 bridgehead atoms. The number of Topliss-reactive ketones (excluding diaryl/α,β-unsaturated/α-hetero) is 1. The number of nitrogens with one attached hydrogen (secondary N) is 1. The maximum atomic E-state index is 12.0. The first-order valence-electron chi connectivity index (χ1n) is 5.99. The smallest absolute Gasteiger partial charge is 0.303 e. The zero-order valence-electron chi connectivity index (χ0n) is 10.5. The van der Waals surface area contributed by atoms with Gasteiger partial charge in [-0.3, -0.25) is 19.7 Å². The molecule has 20 heavy (non-hydrogen) atoms. The fraction of sp³-hybridized carbons (Fsp3) is 0.231. The molecule has 0 fully saturated rings. The fourth-order valence-corrected chi connectivity index (χ4v) is 1.99. The summed E-state index contributed by atoms with van der Waals surface area (Å²) in [7, 11) is 0. The Morgan fingerprint density at radius 2 is 2.05 bits per heavy atom. The van der Waals surface area contributed by atoms with Crippen molar-refractivity contribution in [1.82, 2.24) is 4.98 Å². The van der Waals surface area contributed by atoms with Gasteiger partial charge in [-0.2, -0.15) is 0 Å². The first-order chi connectivity index (χ1) is 9.49. The summed E-state index contributed by atoms with van der Waals surface area (Å²) in [5.74, 6) is -1.11. The van der Waals surface area contributed by atoms with Crippen LogP contribution in [0, 0.1) is 10.1 Å². The molecule has 2 rings (SSSR count). The maximum Gasteiger partial charge on any atom is 0.303 e. The van der Waals surface area contributed by atoms with Gasteiger partial charge in [0, 0.05) is 42.1 Å². The van der Waals surface area contributed by atoms with E-state index in [1.165, 1.54) is 24.4 Å². The van der Waals surface area contributed by atoms with Crippen LogP contribution in [-0.2, 0) is 4.79 Å². The van der Waals surface area contributed by atoms with Gasteiger partial charge in [-0.25, -0.2) is 0 Å². The summed E-state index contributed by atoms with van der Waals surface area (Å²) >= 11 is 0. The van der Waals surface area contributed by atoms with Gasteiger partial charge in [-0.1, -0.05) is 0 Å². The molecule has 0 aliphatic heterocycles. The zero-order valence-corrected chi connectivity index (χ0v) is 10.5. The molecule has 1 aromatic carbocycles. The minimum Gasteiger partial charge on any atom is -0.481 e. The number of aliphatic carboxylic acids is 1. The summed E-state index contributed by atoms with van der Waals surface area (Å²) < 4.78 is 0. The summed E-state index contributed by atoms with van der Waals surface area (Å²) in [6.45, 7) is 0. The van der Waals surface area contributed by atoms with E-state index in [9.17, 15) is 19.7 Å². The van der Waals surface area contributed by atoms with E-state index in [2.05, 4.69) is 4.98 Å². The SMILES string of the molecule is O=C(O)CCCC(=O)c1c[nH]c2cc([N+](=O)[O-])ccc12. The van der Waals surface area contributed by atoms with Crippen molar-refractivity contribution in [1.29, 1.82) is 0 Å². The zero-order chi connectivity index (χ0) is 14.7. The number of ketones is 1. The average Bonchev–Trinajstić information content (AvgIpc) is 2.80. The van der Waals surface area contributed by atoms with Crippen LogP contribution in [-0.4, -0.2) is 26.8 Å². The molecular formula is C13H12N2O5. The highest BCUT2D eigenvalue weighted by Gasteiger charge is 2.15. The van der Waals surface area contributed by atoms with Crippen LogP contribution in [0.4, 0.5) is 5.69 Å². The van der Waals surface area contributed by atoms with E-state index < -0.39 is 10.9 Å². The molecule has 0 saturated heterocycles. The number of carbonyl (C=O) groups is 2. The van der Waals surface area contributed by atoms with Crippen LogP contribution in [0.15, 0.2) is 24.4 Å². The van der Waals surface area contributed by atoms with Crippen molar-refractivity contribution in [3.8, 4) is 0 Å². The van der Waals surface area contributed by atoms with Gasteiger partial charge in [0.1, 0.15) is 0 Å². The first kappa shape index (κ1) is 13.7. The van der Waals surface area contributed by atoms with Gasteiger partial charge in [0.2, 0.25) is 0 Å². The number of hydrogen-bond donors (Lipinski definition) is 2. The van der Waals surface area contributed by atoms with E-state index >= 15 is 0 Å². The summed E-state index contributed by atoms with van der Waals surface area (Å²) in [5, 5.41) is 19.8. The molecular weight excluding hydrogens is 264 g/mol. The molecule has 1 aromatic heterocycles. The van der Waals surface area contributed by atoms with Crippen molar-refractivity contribution < 1.29 is 19.6 Å². The van der Waals surface area contributed by atoms with Crippen LogP contribution in [0.5, 0.6) is 0 Å². The number of rotatable bonds is 6. The normalized spacial score (nSPS) is 10.6. The van der Waals surface area contributed by atoms with Crippen molar-refractivity contribution in [2.24, 2.45) is 0 Å². The highest BCUT2D eigenvalue weighted by Crippen LogP contribution is 2.24. The third-order valence-electron chi connectivity index (χ3n) is 2.97. The number of carboxylic acids is 1. The average molecular weight is 276 g/mol. The number of nitrogens with zero attached hydrogens (tertiary/aromatic N) is 1. The lowest BCUT2D eigenvalue weighted by molar-refractivity contribution is -0.384. The molecule has 0 amide bonds. The van der Waals surface area contributed by atoms with Gasteiger partial charge in [0.25, 0.3) is 5.69 Å². The largest absolute Gasteiger partial charge is 0.481 e. The van der Waals surface area contributed by atoms with E-state index in [1.807, 2.05) is 0 Å². The number of nitro benzene ring substituents is 1. The van der Waals surface area contributed by atoms with E-state index in [0.29, 0.717) is 16.5 Å². The van der Waals surface area contributed by atoms with Gasteiger partial charge in [-0.15, -0.1) is 0 Å². The van der Waals surface area contributed by atoms with Gasteiger partial charge in [-0.05, 0) is 12.5 Å². The Balaban J connectivity index is 2.20. The molecule has 0 unspecified atom stereocenters. The predicted octanol–water partition coefficient (Wildman–Crippen LogP) is 2.51. The molecule has 104 valence electrons. The molecule has 2 N–H and O–H groups in total. The summed E-state index contributed by atoms with van der Waals surface area (Å²) in [4.78, 5) is 35.3. The number of aromatic nitrogens is 1. The van der Waals surface area contributed by atoms with Crippen molar-refractivity contribution in [2.75, 3.05) is 0 Å². The molecule has 0 saturated carbocycles. The summed E-state index contributed by atoms with van der Waals surface area (Å²) in [5.41, 5.74) is 0.894. The first-order valence-corrected chi connectivity index (χ1v) is 5.99. The van der Waals surface area contributed by atoms with Crippen LogP contribution in [0.25, 0.3) is 10.9 Å². The molecule has 7 nitrogen and oxygen atoms in total. The lowest BCUT2D eigenvalue weighted by atomic mass is 10.0. The quantitative estimate of drug-likeness (QED) is 0.478. The maximum absolute atomic E-state index is 12.0. The second-order valence-corrected chi connectivity index (χ2v) is 4.36. The molecule has 0 aliphatic rings. The van der Waals surface area contributed by atoms with Gasteiger partial charge >= 0.3 is 5.97 Å². The lowest BCUT2D eigenvalue weighted by Crippen LogP contribution is -2.01. The molecule has 0 radical (unpaired) electrons. The standard InChI is InChI=1S/C13H12N2O5/c16-12(2-1-3-13(17)18)10-7-14-11-6-8(15(19)20)4-5-9(10)11/h4-7,14H,1-3H2,(H,17,18). The van der Waals surface area contributed by atoms with Gasteiger partial charge in [0.05, 0.1) is 10.4 Å². The molecule has 1 heterocycles. The van der Waals surface area contributed by atoms with E-state index in [1.54, 1.807) is 0 Å². The second kappa shape index (κ2) is 5.52. The summed E-state index contributed by atoms with van der Waals surface area (Å²) in [6, 6.07) is 4.22. The van der Waals surface area contributed by atoms with Crippen LogP contribution in [0.3, 0.4) is 0 Å². The van der Waals surface area contributed by atoms with Gasteiger partial charge < -0.3 is 10.1 Å². The molecule has 7 heteroatoms. The fourth-order valence-electron chi connectivity index (χ4n) is 1.99. The van der Waals surface area contributed by atoms with E-state index in [4.69, 9.17) is 5.11 Å². The van der Waals surface area contributed by atoms with E-state index in [-0.39, 0.29) is 30.7 Å². The Kier molecular flexibility index (Phi) is 3.79. The van der Waals surface area contributed by atoms with Crippen LogP contribution < -0.4 is 0 Å². The third kappa shape index (κ3) is 2.82. The number of nitro groups is 1. The number of non-ortho nitro benzene ring substituents is 1. The molecule has 0 spiro atoms. The predicted molar refractivity (Wildman–Crippen MR) is 70.8 cm³/mol. The minimum absolute atomic E-state index is 0.0516. The van der Waals surface area contributed by atoms with Crippen molar-refractivity contribution in [3.05, 3.63) is 40.1 Å². The second-order valence-electron chi connectivity index (χ2n) is 4.36. The van der Waals surface area contributed by atoms with Crippen LogP contribution in [0.2, 0.25) is 0 Å². The highest BCUT2D eigenvalue weighted by atomic mass is 16.6. The van der Waals surface area contributed by atoms with Crippen molar-refractivity contribution >= 4 is 28.3 Å². The number of hydrogen-bond acceptors (Lipinski definition) is 4. The lowest BCUT2D eigenvalue weighted by Gasteiger charge is -1.98. The van der Waals surface area contributed by atoms with Gasteiger partial charge in [0.15, 0.2) is 5.78 Å². The Morgan fingerprint density at radius 3 is 2.70 bits per heavy atom. The minimum atomic E-state index is -0.938. The van der Waals surface area contributed by atoms with Crippen LogP contribution >= 0.6 is 0 Å². The Labute approximate surface area is 113 Å². The number of benzene rings is 1. The Bertz CT molecular complexity index is 689.